The summed E-state index contributed by atoms with van der Waals surface area (Å²) in [6.07, 6.45) is 0.896. The van der Waals surface area contributed by atoms with Gasteiger partial charge in [0.1, 0.15) is 0 Å². The highest BCUT2D eigenvalue weighted by Gasteiger charge is 2.31. The summed E-state index contributed by atoms with van der Waals surface area (Å²) in [6.45, 7) is 5.82. The van der Waals surface area contributed by atoms with Gasteiger partial charge in [-0.05, 0) is 5.41 Å². The van der Waals surface area contributed by atoms with Crippen molar-refractivity contribution in [3.05, 3.63) is 0 Å². The fourth-order valence-corrected chi connectivity index (χ4v) is 1.62. The minimum Gasteiger partial charge on any atom is -0.298 e. The quantitative estimate of drug-likeness (QED) is 0.658. The van der Waals surface area contributed by atoms with Crippen molar-refractivity contribution < 1.29 is 14.4 Å². The van der Waals surface area contributed by atoms with E-state index in [-0.39, 0.29) is 42.4 Å². The summed E-state index contributed by atoms with van der Waals surface area (Å²) in [7, 11) is 0. The molecular formula is C11H17NO3. The Labute approximate surface area is 89.6 Å². The third-order valence-corrected chi connectivity index (χ3v) is 2.22. The monoisotopic (exact) mass is 211 g/mol. The van der Waals surface area contributed by atoms with Crippen molar-refractivity contribution in [2.24, 2.45) is 5.41 Å². The topological polar surface area (TPSA) is 54.5 Å². The zero-order valence-electron chi connectivity index (χ0n) is 9.50. The lowest BCUT2D eigenvalue weighted by atomic mass is 9.90. The number of rotatable bonds is 3. The summed E-state index contributed by atoms with van der Waals surface area (Å²) in [4.78, 5) is 35.1. The first kappa shape index (κ1) is 11.9. The molecule has 0 spiro atoms. The van der Waals surface area contributed by atoms with Gasteiger partial charge < -0.3 is 0 Å². The van der Waals surface area contributed by atoms with Crippen molar-refractivity contribution in [3.63, 3.8) is 0 Å². The summed E-state index contributed by atoms with van der Waals surface area (Å²) < 4.78 is 0. The van der Waals surface area contributed by atoms with Gasteiger partial charge >= 0.3 is 0 Å². The molecule has 0 aromatic rings. The molecule has 0 bridgehead atoms. The third kappa shape index (κ3) is 3.46. The van der Waals surface area contributed by atoms with Gasteiger partial charge in [-0.2, -0.15) is 0 Å². The fraction of sp³-hybridized carbons (Fsp3) is 0.727. The van der Waals surface area contributed by atoms with Crippen LogP contribution in [0.3, 0.4) is 0 Å². The maximum absolute atomic E-state index is 11.6. The normalized spacial score (nSPS) is 17.4. The van der Waals surface area contributed by atoms with Crippen LogP contribution in [-0.2, 0) is 14.4 Å². The standard InChI is InChI=1S/C11H17NO3/c1-11(2,3)6-8(13)7-12-9(14)4-5-10(12)15/h4-7H2,1-3H3. The number of carbonyl (C=O) groups excluding carboxylic acids is 3. The predicted octanol–water partition coefficient (Wildman–Crippen LogP) is 1.14. The number of nitrogens with zero attached hydrogens (tertiary/aromatic N) is 1. The molecule has 0 saturated carbocycles. The van der Waals surface area contributed by atoms with Crippen LogP contribution in [0.15, 0.2) is 0 Å². The molecule has 4 nitrogen and oxygen atoms in total. The van der Waals surface area contributed by atoms with Crippen molar-refractivity contribution in [1.82, 2.24) is 4.90 Å². The van der Waals surface area contributed by atoms with Gasteiger partial charge in [0.25, 0.3) is 0 Å². The Morgan fingerprint density at radius 3 is 2.07 bits per heavy atom. The summed E-state index contributed by atoms with van der Waals surface area (Å²) in [5, 5.41) is 0. The average molecular weight is 211 g/mol. The van der Waals surface area contributed by atoms with E-state index in [1.54, 1.807) is 0 Å². The summed E-state index contributed by atoms with van der Waals surface area (Å²) in [5.74, 6) is -0.490. The molecule has 0 aromatic carbocycles. The van der Waals surface area contributed by atoms with Crippen LogP contribution in [0.5, 0.6) is 0 Å². The van der Waals surface area contributed by atoms with Crippen LogP contribution in [0.25, 0.3) is 0 Å². The van der Waals surface area contributed by atoms with Crippen molar-refractivity contribution in [1.29, 1.82) is 0 Å². The number of ketones is 1. The van der Waals surface area contributed by atoms with Gasteiger partial charge in [0, 0.05) is 19.3 Å². The minimum absolute atomic E-state index is 0.0467. The largest absolute Gasteiger partial charge is 0.298 e. The number of Topliss-reactive ketones (excluding diaryl/α,β-unsaturated/α-hetero) is 1. The first-order chi connectivity index (χ1) is 6.79. The lowest BCUT2D eigenvalue weighted by Gasteiger charge is -2.19. The van der Waals surface area contributed by atoms with E-state index in [0.717, 1.165) is 4.90 Å². The number of hydrogen-bond acceptors (Lipinski definition) is 3. The minimum atomic E-state index is -0.220. The molecule has 0 N–H and O–H groups in total. The Balaban J connectivity index is 2.51. The molecule has 1 aliphatic heterocycles. The summed E-state index contributed by atoms with van der Waals surface area (Å²) in [5.41, 5.74) is -0.0943. The molecule has 1 aliphatic rings. The Morgan fingerprint density at radius 2 is 1.67 bits per heavy atom. The zero-order valence-corrected chi connectivity index (χ0v) is 9.50. The second kappa shape index (κ2) is 4.13. The lowest BCUT2D eigenvalue weighted by molar-refractivity contribution is -0.142. The van der Waals surface area contributed by atoms with E-state index in [0.29, 0.717) is 6.42 Å². The second-order valence-electron chi connectivity index (χ2n) is 5.15. The molecule has 15 heavy (non-hydrogen) atoms. The lowest BCUT2D eigenvalue weighted by Crippen LogP contribution is -2.35. The number of likely N-dealkylation sites (tertiary alicyclic amines) is 1. The molecule has 0 aromatic heterocycles. The van der Waals surface area contributed by atoms with Gasteiger partial charge in [0.15, 0.2) is 5.78 Å². The van der Waals surface area contributed by atoms with Crippen LogP contribution in [0.2, 0.25) is 0 Å². The van der Waals surface area contributed by atoms with Gasteiger partial charge in [-0.1, -0.05) is 20.8 Å². The van der Waals surface area contributed by atoms with Crippen LogP contribution >= 0.6 is 0 Å². The van der Waals surface area contributed by atoms with Gasteiger partial charge in [-0.25, -0.2) is 0 Å². The average Bonchev–Trinajstić information content (AvgIpc) is 2.32. The number of amides is 2. The Hall–Kier alpha value is -1.19. The molecular weight excluding hydrogens is 194 g/mol. The molecule has 4 heteroatoms. The molecule has 1 rings (SSSR count). The van der Waals surface area contributed by atoms with Gasteiger partial charge in [-0.15, -0.1) is 0 Å². The maximum Gasteiger partial charge on any atom is 0.230 e. The fourth-order valence-electron chi connectivity index (χ4n) is 1.62. The van der Waals surface area contributed by atoms with Gasteiger partial charge in [-0.3, -0.25) is 19.3 Å². The van der Waals surface area contributed by atoms with E-state index in [1.165, 1.54) is 0 Å². The number of hydrogen-bond donors (Lipinski definition) is 0. The summed E-state index contributed by atoms with van der Waals surface area (Å²) in [6, 6.07) is 0. The first-order valence-corrected chi connectivity index (χ1v) is 5.14. The maximum atomic E-state index is 11.6. The number of carbonyl (C=O) groups is 3. The molecule has 0 atom stereocenters. The van der Waals surface area contributed by atoms with Gasteiger partial charge in [0.05, 0.1) is 6.54 Å². The van der Waals surface area contributed by atoms with Crippen LogP contribution < -0.4 is 0 Å². The highest BCUT2D eigenvalue weighted by Crippen LogP contribution is 2.20. The Morgan fingerprint density at radius 1 is 1.20 bits per heavy atom. The molecule has 0 unspecified atom stereocenters. The van der Waals surface area contributed by atoms with Crippen LogP contribution in [0.1, 0.15) is 40.0 Å². The molecule has 84 valence electrons. The van der Waals surface area contributed by atoms with Crippen molar-refractivity contribution in [2.45, 2.75) is 40.0 Å². The van der Waals surface area contributed by atoms with E-state index < -0.39 is 0 Å². The van der Waals surface area contributed by atoms with E-state index in [4.69, 9.17) is 0 Å². The smallest absolute Gasteiger partial charge is 0.230 e. The zero-order chi connectivity index (χ0) is 11.6. The molecule has 1 fully saturated rings. The van der Waals surface area contributed by atoms with Crippen LogP contribution in [-0.4, -0.2) is 29.0 Å². The highest BCUT2D eigenvalue weighted by molar-refractivity contribution is 6.04. The second-order valence-corrected chi connectivity index (χ2v) is 5.15. The van der Waals surface area contributed by atoms with Crippen molar-refractivity contribution in [3.8, 4) is 0 Å². The van der Waals surface area contributed by atoms with E-state index in [2.05, 4.69) is 0 Å². The number of imide groups is 1. The molecule has 1 saturated heterocycles. The first-order valence-electron chi connectivity index (χ1n) is 5.14. The molecule has 0 aliphatic carbocycles. The van der Waals surface area contributed by atoms with E-state index in [1.807, 2.05) is 20.8 Å². The van der Waals surface area contributed by atoms with E-state index in [9.17, 15) is 14.4 Å². The van der Waals surface area contributed by atoms with Crippen LogP contribution in [0, 0.1) is 5.41 Å². The molecule has 1 heterocycles. The predicted molar refractivity (Wildman–Crippen MR) is 55.0 cm³/mol. The van der Waals surface area contributed by atoms with Crippen molar-refractivity contribution in [2.75, 3.05) is 6.54 Å². The Bertz CT molecular complexity index is 285. The van der Waals surface area contributed by atoms with Gasteiger partial charge in [0.2, 0.25) is 11.8 Å². The third-order valence-electron chi connectivity index (χ3n) is 2.22. The SMILES string of the molecule is CC(C)(C)CC(=O)CN1C(=O)CCC1=O. The van der Waals surface area contributed by atoms with Crippen molar-refractivity contribution >= 4 is 17.6 Å². The molecule has 2 amide bonds. The van der Waals surface area contributed by atoms with E-state index >= 15 is 0 Å². The Kier molecular flexibility index (Phi) is 3.27. The molecule has 0 radical (unpaired) electrons. The van der Waals surface area contributed by atoms with Crippen LogP contribution in [0.4, 0.5) is 0 Å². The highest BCUT2D eigenvalue weighted by atomic mass is 16.2. The summed E-state index contributed by atoms with van der Waals surface area (Å²) >= 11 is 0.